The van der Waals surface area contributed by atoms with Gasteiger partial charge in [0, 0.05) is 31.4 Å². The van der Waals surface area contributed by atoms with Crippen molar-refractivity contribution in [2.24, 2.45) is 5.92 Å². The van der Waals surface area contributed by atoms with E-state index in [0.29, 0.717) is 11.8 Å². The molecule has 0 spiro atoms. The molecule has 0 saturated heterocycles. The van der Waals surface area contributed by atoms with Crippen LogP contribution >= 0.6 is 0 Å². The van der Waals surface area contributed by atoms with E-state index in [9.17, 15) is 5.11 Å². The molecule has 1 aliphatic carbocycles. The molecule has 0 aromatic carbocycles. The summed E-state index contributed by atoms with van der Waals surface area (Å²) in [6, 6.07) is 0. The van der Waals surface area contributed by atoms with Crippen LogP contribution in [-0.4, -0.2) is 26.5 Å². The first kappa shape index (κ1) is 10.3. The molecule has 4 nitrogen and oxygen atoms in total. The van der Waals surface area contributed by atoms with Crippen LogP contribution in [-0.2, 0) is 13.0 Å². The molecule has 1 fully saturated rings. The molecule has 1 unspecified atom stereocenters. The van der Waals surface area contributed by atoms with Crippen molar-refractivity contribution in [1.82, 2.24) is 14.8 Å². The standard InChI is InChI=1S/C12H19N3O/c16-8-9-5-6-11-13-12(14-15(11)7-9)10-3-1-2-4-10/h9-10,16H,1-8H2. The van der Waals surface area contributed by atoms with Crippen molar-refractivity contribution < 1.29 is 5.11 Å². The maximum Gasteiger partial charge on any atom is 0.154 e. The molecule has 0 bridgehead atoms. The van der Waals surface area contributed by atoms with E-state index in [1.54, 1.807) is 0 Å². The molecule has 1 aromatic rings. The lowest BCUT2D eigenvalue weighted by molar-refractivity contribution is 0.185. The minimum absolute atomic E-state index is 0.276. The Balaban J connectivity index is 1.80. The third kappa shape index (κ3) is 1.75. The van der Waals surface area contributed by atoms with E-state index in [4.69, 9.17) is 0 Å². The predicted octanol–water partition coefficient (Wildman–Crippen LogP) is 1.49. The van der Waals surface area contributed by atoms with Crippen molar-refractivity contribution in [3.63, 3.8) is 0 Å². The van der Waals surface area contributed by atoms with Gasteiger partial charge < -0.3 is 5.11 Å². The second-order valence-electron chi connectivity index (χ2n) is 5.14. The molecule has 1 aliphatic heterocycles. The SMILES string of the molecule is OCC1CCc2nc(C3CCCC3)nn2C1. The summed E-state index contributed by atoms with van der Waals surface area (Å²) < 4.78 is 2.03. The van der Waals surface area contributed by atoms with E-state index >= 15 is 0 Å². The van der Waals surface area contributed by atoms with Crippen molar-refractivity contribution in [1.29, 1.82) is 0 Å². The van der Waals surface area contributed by atoms with Crippen LogP contribution in [0.4, 0.5) is 0 Å². The summed E-state index contributed by atoms with van der Waals surface area (Å²) in [4.78, 5) is 4.67. The van der Waals surface area contributed by atoms with Crippen LogP contribution in [0.2, 0.25) is 0 Å². The molecular weight excluding hydrogens is 202 g/mol. The van der Waals surface area contributed by atoms with E-state index in [1.165, 1.54) is 25.7 Å². The number of hydrogen-bond acceptors (Lipinski definition) is 3. The normalized spacial score (nSPS) is 25.9. The van der Waals surface area contributed by atoms with Crippen molar-refractivity contribution in [3.8, 4) is 0 Å². The second kappa shape index (κ2) is 4.17. The third-order valence-electron chi connectivity index (χ3n) is 3.95. The van der Waals surface area contributed by atoms with Gasteiger partial charge in [-0.15, -0.1) is 0 Å². The van der Waals surface area contributed by atoms with E-state index in [2.05, 4.69) is 10.1 Å². The highest BCUT2D eigenvalue weighted by molar-refractivity contribution is 5.03. The number of hydrogen-bond donors (Lipinski definition) is 1. The molecule has 1 atom stereocenters. The molecule has 2 aliphatic rings. The molecule has 16 heavy (non-hydrogen) atoms. The number of aliphatic hydroxyl groups excluding tert-OH is 1. The Bertz CT molecular complexity index is 368. The summed E-state index contributed by atoms with van der Waals surface area (Å²) in [5, 5.41) is 13.8. The molecule has 88 valence electrons. The Kier molecular flexibility index (Phi) is 2.67. The van der Waals surface area contributed by atoms with Gasteiger partial charge in [-0.25, -0.2) is 9.67 Å². The number of aromatic nitrogens is 3. The van der Waals surface area contributed by atoms with Crippen molar-refractivity contribution in [2.75, 3.05) is 6.61 Å². The zero-order chi connectivity index (χ0) is 11.0. The summed E-state index contributed by atoms with van der Waals surface area (Å²) >= 11 is 0. The van der Waals surface area contributed by atoms with Crippen LogP contribution in [0, 0.1) is 5.92 Å². The van der Waals surface area contributed by atoms with E-state index in [1.807, 2.05) is 4.68 Å². The number of aliphatic hydroxyl groups is 1. The van der Waals surface area contributed by atoms with Crippen LogP contribution in [0.1, 0.15) is 49.7 Å². The number of fused-ring (bicyclic) bond motifs is 1. The van der Waals surface area contributed by atoms with Gasteiger partial charge in [-0.2, -0.15) is 5.10 Å². The Morgan fingerprint density at radius 1 is 1.25 bits per heavy atom. The highest BCUT2D eigenvalue weighted by Crippen LogP contribution is 2.33. The highest BCUT2D eigenvalue weighted by Gasteiger charge is 2.25. The summed E-state index contributed by atoms with van der Waals surface area (Å²) in [7, 11) is 0. The molecule has 4 heteroatoms. The summed E-state index contributed by atoms with van der Waals surface area (Å²) in [5.41, 5.74) is 0. The molecule has 0 amide bonds. The smallest absolute Gasteiger partial charge is 0.154 e. The average Bonchev–Trinajstić information content (AvgIpc) is 2.96. The molecule has 1 aromatic heterocycles. The van der Waals surface area contributed by atoms with Crippen LogP contribution < -0.4 is 0 Å². The van der Waals surface area contributed by atoms with Gasteiger partial charge in [0.2, 0.25) is 0 Å². The fourth-order valence-electron chi connectivity index (χ4n) is 2.90. The van der Waals surface area contributed by atoms with Gasteiger partial charge in [-0.1, -0.05) is 12.8 Å². The number of rotatable bonds is 2. The predicted molar refractivity (Wildman–Crippen MR) is 60.1 cm³/mol. The second-order valence-corrected chi connectivity index (χ2v) is 5.14. The summed E-state index contributed by atoms with van der Waals surface area (Å²) in [6.45, 7) is 1.13. The van der Waals surface area contributed by atoms with Crippen molar-refractivity contribution in [3.05, 3.63) is 11.6 Å². The maximum atomic E-state index is 9.17. The molecule has 1 saturated carbocycles. The van der Waals surface area contributed by atoms with Crippen LogP contribution in [0.5, 0.6) is 0 Å². The zero-order valence-corrected chi connectivity index (χ0v) is 9.60. The Labute approximate surface area is 95.7 Å². The lowest BCUT2D eigenvalue weighted by Gasteiger charge is -2.19. The number of nitrogens with zero attached hydrogens (tertiary/aromatic N) is 3. The molecular formula is C12H19N3O. The van der Waals surface area contributed by atoms with Gasteiger partial charge in [0.25, 0.3) is 0 Å². The van der Waals surface area contributed by atoms with E-state index in [0.717, 1.165) is 31.0 Å². The lowest BCUT2D eigenvalue weighted by atomic mass is 10.0. The number of aryl methyl sites for hydroxylation is 1. The van der Waals surface area contributed by atoms with Crippen molar-refractivity contribution >= 4 is 0 Å². The van der Waals surface area contributed by atoms with Crippen LogP contribution in [0.25, 0.3) is 0 Å². The minimum Gasteiger partial charge on any atom is -0.396 e. The van der Waals surface area contributed by atoms with Gasteiger partial charge in [-0.3, -0.25) is 0 Å². The van der Waals surface area contributed by atoms with Gasteiger partial charge in [0.15, 0.2) is 5.82 Å². The largest absolute Gasteiger partial charge is 0.396 e. The molecule has 0 radical (unpaired) electrons. The lowest BCUT2D eigenvalue weighted by Crippen LogP contribution is -2.23. The first-order valence-electron chi connectivity index (χ1n) is 6.41. The van der Waals surface area contributed by atoms with Crippen molar-refractivity contribution in [2.45, 2.75) is 51.0 Å². The zero-order valence-electron chi connectivity index (χ0n) is 9.60. The summed E-state index contributed by atoms with van der Waals surface area (Å²) in [6.07, 6.45) is 7.20. The monoisotopic (exact) mass is 221 g/mol. The fraction of sp³-hybridized carbons (Fsp3) is 0.833. The molecule has 2 heterocycles. The minimum atomic E-state index is 0.276. The van der Waals surface area contributed by atoms with Gasteiger partial charge in [-0.05, 0) is 19.3 Å². The third-order valence-corrected chi connectivity index (χ3v) is 3.95. The Morgan fingerprint density at radius 2 is 2.06 bits per heavy atom. The average molecular weight is 221 g/mol. The summed E-state index contributed by atoms with van der Waals surface area (Å²) in [5.74, 6) is 3.17. The maximum absolute atomic E-state index is 9.17. The van der Waals surface area contributed by atoms with Crippen LogP contribution in [0.15, 0.2) is 0 Å². The van der Waals surface area contributed by atoms with Gasteiger partial charge in [0.1, 0.15) is 5.82 Å². The van der Waals surface area contributed by atoms with Gasteiger partial charge in [0.05, 0.1) is 0 Å². The van der Waals surface area contributed by atoms with Crippen LogP contribution in [0.3, 0.4) is 0 Å². The Morgan fingerprint density at radius 3 is 2.81 bits per heavy atom. The van der Waals surface area contributed by atoms with E-state index < -0.39 is 0 Å². The van der Waals surface area contributed by atoms with E-state index in [-0.39, 0.29) is 6.61 Å². The first-order chi connectivity index (χ1) is 7.86. The molecule has 3 rings (SSSR count). The quantitative estimate of drug-likeness (QED) is 0.823. The van der Waals surface area contributed by atoms with Gasteiger partial charge >= 0.3 is 0 Å². The molecule has 1 N–H and O–H groups in total. The topological polar surface area (TPSA) is 50.9 Å². The fourth-order valence-corrected chi connectivity index (χ4v) is 2.90. The first-order valence-corrected chi connectivity index (χ1v) is 6.41. The Hall–Kier alpha value is -0.900. The highest BCUT2D eigenvalue weighted by atomic mass is 16.3.